The van der Waals surface area contributed by atoms with E-state index in [4.69, 9.17) is 63.1 Å². The molecule has 0 saturated carbocycles. The fourth-order valence-electron chi connectivity index (χ4n) is 13.1. The topological polar surface area (TPSA) is 491 Å². The third-order valence-electron chi connectivity index (χ3n) is 19.3. The van der Waals surface area contributed by atoms with Gasteiger partial charge in [-0.3, -0.25) is 0 Å². The summed E-state index contributed by atoms with van der Waals surface area (Å²) >= 11 is 13.2. The summed E-state index contributed by atoms with van der Waals surface area (Å²) in [5.41, 5.74) is 14.3. The summed E-state index contributed by atoms with van der Waals surface area (Å²) in [6, 6.07) is 89.9. The largest absolute Gasteiger partial charge is 0.508 e. The molecule has 44 heteroatoms. The molecule has 6 heterocycles. The van der Waals surface area contributed by atoms with Crippen molar-refractivity contribution < 1.29 is 76.6 Å². The van der Waals surface area contributed by atoms with E-state index in [0.717, 1.165) is 94.6 Å². The highest BCUT2D eigenvalue weighted by Crippen LogP contribution is 2.35. The lowest BCUT2D eigenvalue weighted by molar-refractivity contribution is -0.743. The van der Waals surface area contributed by atoms with Crippen LogP contribution < -0.4 is 53.0 Å². The van der Waals surface area contributed by atoms with Gasteiger partial charge in [-0.25, -0.2) is 48.3 Å². The van der Waals surface area contributed by atoms with E-state index in [1.807, 2.05) is 144 Å². The average molecular weight is 2000 g/mol. The SMILES string of the molecule is NOOSOc1ccc(Oc2cccc(Cn3cncn3)c2)cc1.NOOSOc1ccc2cc(-c3cccc(Cn4cncn4)c3)ccc2c1.NS(=O)(=O)Oc1ccc(-c2ccc(C[n+]3cnc[nH]3)cc2)cc1.NS(=O)(=O)Oc1ccc(-c2cccc(Cn3cncn3)c2)cc1Cl.Oc1ccc(C#Cc2cccc(Cn3cncn3)c2)cc1Cl.Oc1ccc(Oc2cccc(Cn3cncn3)c2)cc1. The smallest absolute Gasteiger partial charge is 0.380 e. The van der Waals surface area contributed by atoms with Crippen LogP contribution in [0.5, 0.6) is 57.5 Å². The molecule has 0 aliphatic carbocycles. The van der Waals surface area contributed by atoms with Crippen LogP contribution >= 0.6 is 47.8 Å². The Balaban J connectivity index is 0.000000134. The first kappa shape index (κ1) is 99.7. The summed E-state index contributed by atoms with van der Waals surface area (Å²) in [7, 11) is -8.11. The predicted octanol–water partition coefficient (Wildman–Crippen LogP) is 15.9. The normalized spacial score (nSPS) is 10.8. The van der Waals surface area contributed by atoms with Gasteiger partial charge in [0, 0.05) is 11.1 Å². The molecule has 0 aliphatic heterocycles. The Morgan fingerprint density at radius 2 is 0.771 bits per heavy atom. The lowest BCUT2D eigenvalue weighted by atomic mass is 9.99. The molecule has 0 atom stereocenters. The Kier molecular flexibility index (Phi) is 36.0. The van der Waals surface area contributed by atoms with Crippen LogP contribution in [0.3, 0.4) is 0 Å². The van der Waals surface area contributed by atoms with Crippen molar-refractivity contribution in [3.05, 3.63) is 422 Å². The zero-order chi connectivity index (χ0) is 97.7. The second-order valence-corrected chi connectivity index (χ2v) is 33.5. The van der Waals surface area contributed by atoms with Gasteiger partial charge in [0.15, 0.2) is 5.75 Å². The Morgan fingerprint density at radius 3 is 1.24 bits per heavy atom. The molecule has 0 unspecified atom stereocenters. The maximum atomic E-state index is 11.0. The van der Waals surface area contributed by atoms with Gasteiger partial charge in [-0.15, -0.1) is 18.6 Å². The number of aromatic nitrogens is 18. The first-order valence-electron chi connectivity index (χ1n) is 41.5. The van der Waals surface area contributed by atoms with Crippen LogP contribution in [0.1, 0.15) is 44.5 Å². The number of hydrogen-bond acceptors (Lipinski definition) is 31. The maximum Gasteiger partial charge on any atom is 0.380 e. The van der Waals surface area contributed by atoms with E-state index in [9.17, 15) is 27.0 Å². The molecule has 710 valence electrons. The number of benzene rings is 13. The second kappa shape index (κ2) is 50.6. The quantitative estimate of drug-likeness (QED) is 0.00530. The van der Waals surface area contributed by atoms with E-state index < -0.39 is 20.6 Å². The Bertz CT molecular complexity index is 7430. The molecule has 0 aliphatic rings. The van der Waals surface area contributed by atoms with E-state index in [1.165, 1.54) is 43.0 Å². The molecule has 19 rings (SSSR count). The Hall–Kier alpha value is -16.2. The van der Waals surface area contributed by atoms with Crippen molar-refractivity contribution in [2.75, 3.05) is 0 Å². The van der Waals surface area contributed by atoms with Crippen LogP contribution in [0.15, 0.2) is 367 Å². The monoisotopic (exact) mass is 2000 g/mol. The van der Waals surface area contributed by atoms with Crippen LogP contribution in [0.4, 0.5) is 0 Å². The molecule has 0 fully saturated rings. The second-order valence-electron chi connectivity index (χ2n) is 29.5. The van der Waals surface area contributed by atoms with Gasteiger partial charge in [-0.1, -0.05) is 169 Å². The summed E-state index contributed by atoms with van der Waals surface area (Å²) in [6.45, 7) is 3.92. The molecule has 140 heavy (non-hydrogen) atoms. The number of phenols is 2. The van der Waals surface area contributed by atoms with Crippen molar-refractivity contribution >= 4 is 79.2 Å². The third kappa shape index (κ3) is 32.8. The standard InChI is InChI=1S/C19H16N4O3S.C17H12ClN3O.C15H13ClN4O3S.C15H14N4O4S.C15H14N4O3S.C15H13N3O2/c20-25-26-27-24-19-7-6-17-9-16(4-5-18(17)10-19)15-3-1-2-14(8-15)11-23-13-21-12-22-23;18-16-9-14(6-7-17(16)22)5-4-13-2-1-3-15(8-13)10-21-12-19-11-20-21;16-14-7-13(4-5-15(14)23-24(17,21)22)12-3-1-2-11(6-12)8-20-10-18-9-19-20;16-22-23-24-21-14-6-4-13(5-7-14)20-15-3-1-2-12(8-15)9-19-11-17-10-18-19;16-23(20,21)22-15-7-5-14(6-8-15)13-3-1-12(2-4-13)9-19-11-17-10-18-19;19-13-4-6-14(7-5-13)20-15-3-1-2-12(8-15)9-18-11-16-10-17-18/h1-10,12-13H,11,20H2;1-3,6-9,11-12,22H,10H2;1-7,9-10H,8H2,(H2,17,21,22);1-8,10-11H,9,16H2;1-8,10-11H,9H2,(H2,16,20,21);1-8,10-11,19H,9H2/p+1. The molecule has 38 nitrogen and oxygen atoms in total. The van der Waals surface area contributed by atoms with Crippen molar-refractivity contribution in [1.29, 1.82) is 0 Å². The minimum absolute atomic E-state index is 0.0123. The van der Waals surface area contributed by atoms with Crippen molar-refractivity contribution in [2.24, 2.45) is 22.1 Å². The van der Waals surface area contributed by atoms with E-state index in [2.05, 4.69) is 142 Å². The number of aromatic hydroxyl groups is 2. The number of ether oxygens (including phenoxy) is 2. The first-order valence-corrected chi connectivity index (χ1v) is 46.5. The number of H-pyrrole nitrogens is 1. The molecule has 0 amide bonds. The number of halogens is 2. The number of rotatable bonds is 31. The van der Waals surface area contributed by atoms with Gasteiger partial charge in [-0.05, 0) is 240 Å². The molecular weight excluding hydrogens is 1920 g/mol. The zero-order valence-electron chi connectivity index (χ0n) is 73.3. The summed E-state index contributed by atoms with van der Waals surface area (Å²) in [5, 5.41) is 54.4. The maximum absolute atomic E-state index is 11.0. The van der Waals surface area contributed by atoms with Gasteiger partial charge < -0.3 is 36.4 Å². The highest BCUT2D eigenvalue weighted by molar-refractivity contribution is 7.90. The molecule has 19 aromatic rings. The zero-order valence-corrected chi connectivity index (χ0v) is 78.1. The molecule has 0 saturated heterocycles. The van der Waals surface area contributed by atoms with E-state index in [0.29, 0.717) is 91.9 Å². The van der Waals surface area contributed by atoms with Gasteiger partial charge in [0.2, 0.25) is 6.33 Å². The number of nitrogens with zero attached hydrogens (tertiary/aromatic N) is 17. The third-order valence-corrected chi connectivity index (χ3v) is 21.5. The molecule has 0 bridgehead atoms. The Morgan fingerprint density at radius 1 is 0.364 bits per heavy atom. The lowest BCUT2D eigenvalue weighted by Crippen LogP contribution is -2.35. The van der Waals surface area contributed by atoms with Crippen LogP contribution in [0.25, 0.3) is 44.2 Å². The van der Waals surface area contributed by atoms with Gasteiger partial charge in [0.1, 0.15) is 122 Å². The Labute approximate surface area is 819 Å². The van der Waals surface area contributed by atoms with Crippen LogP contribution in [-0.4, -0.2) is 111 Å². The van der Waals surface area contributed by atoms with Gasteiger partial charge >= 0.3 is 26.9 Å². The number of hydrogen-bond donors (Lipinski definition) is 7. The van der Waals surface area contributed by atoms with Crippen molar-refractivity contribution in [1.82, 2.24) is 83.9 Å². The fraction of sp³-hybridized carbons (Fsp3) is 0.0625. The highest BCUT2D eigenvalue weighted by atomic mass is 35.5. The van der Waals surface area contributed by atoms with Crippen LogP contribution in [0.2, 0.25) is 10.0 Å². The fourth-order valence-corrected chi connectivity index (χ4v) is 14.8. The van der Waals surface area contributed by atoms with Crippen LogP contribution in [0, 0.1) is 11.8 Å². The highest BCUT2D eigenvalue weighted by Gasteiger charge is 2.15. The molecule has 0 spiro atoms. The minimum Gasteiger partial charge on any atom is -0.508 e. The minimum atomic E-state index is -4.11. The van der Waals surface area contributed by atoms with Gasteiger partial charge in [0.25, 0.3) is 24.6 Å². The summed E-state index contributed by atoms with van der Waals surface area (Å²) < 4.78 is 94.4. The summed E-state index contributed by atoms with van der Waals surface area (Å²) in [4.78, 5) is 31.5. The summed E-state index contributed by atoms with van der Waals surface area (Å²) in [5.74, 6) is 20.1. The number of nitrogens with one attached hydrogen (secondary N) is 1. The molecule has 13 aromatic carbocycles. The van der Waals surface area contributed by atoms with Crippen LogP contribution in [-0.2, 0) is 78.5 Å². The number of aromatic amines is 1. The average Bonchev–Trinajstić information content (AvgIpc) is 1.13. The van der Waals surface area contributed by atoms with Crippen molar-refractivity contribution in [3.63, 3.8) is 0 Å². The van der Waals surface area contributed by atoms with E-state index in [1.54, 1.807) is 171 Å². The summed E-state index contributed by atoms with van der Waals surface area (Å²) in [6.07, 6.45) is 19.3. The molecule has 0 radical (unpaired) electrons. The number of fused-ring (bicyclic) bond motifs is 1. The first-order chi connectivity index (χ1) is 68.0. The molecule has 6 aromatic heterocycles. The molecule has 11 N–H and O–H groups in total. The van der Waals surface area contributed by atoms with Crippen molar-refractivity contribution in [3.8, 4) is 103 Å². The van der Waals surface area contributed by atoms with Gasteiger partial charge in [0.05, 0.1) is 42.8 Å². The van der Waals surface area contributed by atoms with Crippen molar-refractivity contribution in [2.45, 2.75) is 39.3 Å². The number of phenolic OH excluding ortho intramolecular Hbond substituents is 2. The number of nitrogens with two attached hydrogens (primary N) is 4. The predicted molar refractivity (Wildman–Crippen MR) is 521 cm³/mol. The lowest BCUT2D eigenvalue weighted by Gasteiger charge is -2.09. The van der Waals surface area contributed by atoms with E-state index >= 15 is 0 Å². The molecular formula is C96H83Cl2N22O16S4+. The van der Waals surface area contributed by atoms with E-state index in [-0.39, 0.29) is 28.0 Å². The van der Waals surface area contributed by atoms with Gasteiger partial charge in [-0.2, -0.15) is 74.2 Å².